The highest BCUT2D eigenvalue weighted by Crippen LogP contribution is 2.38. The first-order valence-electron chi connectivity index (χ1n) is 5.80. The minimum absolute atomic E-state index is 0.148. The van der Waals surface area contributed by atoms with Crippen molar-refractivity contribution in [1.82, 2.24) is 0 Å². The molecule has 1 aliphatic heterocycles. The predicted octanol–water partition coefficient (Wildman–Crippen LogP) is 2.64. The molecule has 7 heteroatoms. The van der Waals surface area contributed by atoms with Gasteiger partial charge in [-0.3, -0.25) is 15.0 Å². The van der Waals surface area contributed by atoms with Crippen LogP contribution in [0.15, 0.2) is 12.1 Å². The fourth-order valence-corrected chi connectivity index (χ4v) is 2.36. The van der Waals surface area contributed by atoms with Gasteiger partial charge in [0.05, 0.1) is 23.3 Å². The van der Waals surface area contributed by atoms with Crippen LogP contribution in [0.5, 0.6) is 0 Å². The van der Waals surface area contributed by atoms with Crippen LogP contribution in [0.4, 0.5) is 20.6 Å². The molecule has 1 amide bonds. The molecule has 0 radical (unpaired) electrons. The van der Waals surface area contributed by atoms with E-state index in [1.165, 1.54) is 18.1 Å². The molecule has 1 aromatic carbocycles. The lowest BCUT2D eigenvalue weighted by Crippen LogP contribution is -2.42. The molecule has 2 rings (SSSR count). The topological polar surface area (TPSA) is 72.7 Å². The average Bonchev–Trinajstić information content (AvgIpc) is 2.37. The Morgan fingerprint density at radius 3 is 2.84 bits per heavy atom. The van der Waals surface area contributed by atoms with E-state index in [1.54, 1.807) is 0 Å². The fourth-order valence-electron chi connectivity index (χ4n) is 2.36. The molecule has 6 nitrogen and oxygen atoms in total. The number of hydrogen-bond donors (Lipinski definition) is 0. The molecule has 1 atom stereocenters. The Kier molecular flexibility index (Phi) is 3.37. The summed E-state index contributed by atoms with van der Waals surface area (Å²) in [4.78, 5) is 23.3. The number of rotatable bonds is 1. The number of carbonyl (C=O) groups excluding carboxylic acids is 1. The van der Waals surface area contributed by atoms with Crippen molar-refractivity contribution < 1.29 is 18.8 Å². The molecule has 0 saturated heterocycles. The summed E-state index contributed by atoms with van der Waals surface area (Å²) < 4.78 is 18.2. The lowest BCUT2D eigenvalue weighted by molar-refractivity contribution is -0.388. The highest BCUT2D eigenvalue weighted by molar-refractivity contribution is 5.90. The molecule has 1 aliphatic rings. The summed E-state index contributed by atoms with van der Waals surface area (Å²) >= 11 is 0. The minimum Gasteiger partial charge on any atom is -0.452 e. The summed E-state index contributed by atoms with van der Waals surface area (Å²) in [6, 6.07) is 2.24. The van der Waals surface area contributed by atoms with Crippen LogP contribution in [-0.4, -0.2) is 24.2 Å². The van der Waals surface area contributed by atoms with Crippen molar-refractivity contribution >= 4 is 17.5 Å². The molecular formula is C12H13FN2O4. The number of fused-ring (bicyclic) bond motifs is 1. The number of ether oxygens (including phenoxy) is 1. The molecule has 0 aromatic heterocycles. The standard InChI is InChI=1S/C12H13FN2O4/c1-7-3-4-8-10(14(7)12(16)19-2)6-5-9(13)11(8)15(17)18/h5-7H,3-4H2,1-2H3. The Labute approximate surface area is 108 Å². The third-order valence-corrected chi connectivity index (χ3v) is 3.28. The fraction of sp³-hybridized carbons (Fsp3) is 0.417. The second-order valence-electron chi connectivity index (χ2n) is 4.38. The molecule has 0 saturated carbocycles. The van der Waals surface area contributed by atoms with E-state index in [0.717, 1.165) is 6.07 Å². The Morgan fingerprint density at radius 1 is 1.58 bits per heavy atom. The van der Waals surface area contributed by atoms with E-state index in [1.807, 2.05) is 6.92 Å². The van der Waals surface area contributed by atoms with Crippen LogP contribution < -0.4 is 4.90 Å². The van der Waals surface area contributed by atoms with Gasteiger partial charge in [-0.1, -0.05) is 0 Å². The van der Waals surface area contributed by atoms with E-state index < -0.39 is 22.5 Å². The smallest absolute Gasteiger partial charge is 0.414 e. The average molecular weight is 268 g/mol. The first-order valence-corrected chi connectivity index (χ1v) is 5.80. The molecule has 0 bridgehead atoms. The molecule has 0 N–H and O–H groups in total. The van der Waals surface area contributed by atoms with Crippen molar-refractivity contribution in [2.24, 2.45) is 0 Å². The first kappa shape index (κ1) is 13.3. The first-order chi connectivity index (χ1) is 8.97. The molecule has 1 heterocycles. The van der Waals surface area contributed by atoms with Gasteiger partial charge < -0.3 is 4.74 Å². The quantitative estimate of drug-likeness (QED) is 0.579. The van der Waals surface area contributed by atoms with E-state index >= 15 is 0 Å². The lowest BCUT2D eigenvalue weighted by atomic mass is 9.95. The van der Waals surface area contributed by atoms with Gasteiger partial charge in [0.1, 0.15) is 0 Å². The summed E-state index contributed by atoms with van der Waals surface area (Å²) in [7, 11) is 1.24. The van der Waals surface area contributed by atoms with Crippen molar-refractivity contribution in [3.05, 3.63) is 33.6 Å². The second kappa shape index (κ2) is 4.83. The molecule has 0 spiro atoms. The Balaban J connectivity index is 2.61. The Morgan fingerprint density at radius 2 is 2.26 bits per heavy atom. The zero-order valence-corrected chi connectivity index (χ0v) is 10.6. The van der Waals surface area contributed by atoms with Gasteiger partial charge in [-0.05, 0) is 31.9 Å². The zero-order valence-electron chi connectivity index (χ0n) is 10.6. The SMILES string of the molecule is COC(=O)N1c2ccc(F)c([N+](=O)[O-])c2CCC1C. The number of amides is 1. The highest BCUT2D eigenvalue weighted by Gasteiger charge is 2.34. The molecule has 19 heavy (non-hydrogen) atoms. The normalized spacial score (nSPS) is 17.8. The monoisotopic (exact) mass is 268 g/mol. The van der Waals surface area contributed by atoms with E-state index in [-0.39, 0.29) is 11.6 Å². The summed E-state index contributed by atoms with van der Waals surface area (Å²) in [5.74, 6) is -0.886. The number of methoxy groups -OCH3 is 1. The van der Waals surface area contributed by atoms with Crippen LogP contribution in [0.2, 0.25) is 0 Å². The Bertz CT molecular complexity index is 547. The van der Waals surface area contributed by atoms with E-state index in [9.17, 15) is 19.3 Å². The van der Waals surface area contributed by atoms with Crippen LogP contribution in [0.3, 0.4) is 0 Å². The van der Waals surface area contributed by atoms with Gasteiger partial charge in [0.15, 0.2) is 0 Å². The molecule has 1 aromatic rings. The largest absolute Gasteiger partial charge is 0.452 e. The number of nitro benzene ring substituents is 1. The molecule has 102 valence electrons. The van der Waals surface area contributed by atoms with Gasteiger partial charge in [-0.2, -0.15) is 4.39 Å². The maximum Gasteiger partial charge on any atom is 0.414 e. The number of carbonyl (C=O) groups is 1. The number of anilines is 1. The van der Waals surface area contributed by atoms with Crippen molar-refractivity contribution in [1.29, 1.82) is 0 Å². The van der Waals surface area contributed by atoms with Gasteiger partial charge in [0, 0.05) is 6.04 Å². The number of halogens is 1. The molecular weight excluding hydrogens is 255 g/mol. The second-order valence-corrected chi connectivity index (χ2v) is 4.38. The van der Waals surface area contributed by atoms with E-state index in [0.29, 0.717) is 18.5 Å². The van der Waals surface area contributed by atoms with Crippen molar-refractivity contribution in [3.63, 3.8) is 0 Å². The molecule has 1 unspecified atom stereocenters. The van der Waals surface area contributed by atoms with Crippen LogP contribution in [-0.2, 0) is 11.2 Å². The van der Waals surface area contributed by atoms with Crippen LogP contribution in [0.25, 0.3) is 0 Å². The third-order valence-electron chi connectivity index (χ3n) is 3.28. The molecule has 0 aliphatic carbocycles. The highest BCUT2D eigenvalue weighted by atomic mass is 19.1. The van der Waals surface area contributed by atoms with Gasteiger partial charge in [0.25, 0.3) is 0 Å². The van der Waals surface area contributed by atoms with Crippen molar-refractivity contribution in [2.45, 2.75) is 25.8 Å². The number of hydrogen-bond acceptors (Lipinski definition) is 4. The van der Waals surface area contributed by atoms with Crippen LogP contribution in [0.1, 0.15) is 18.9 Å². The van der Waals surface area contributed by atoms with E-state index in [2.05, 4.69) is 4.74 Å². The lowest BCUT2D eigenvalue weighted by Gasteiger charge is -2.33. The predicted molar refractivity (Wildman–Crippen MR) is 65.7 cm³/mol. The zero-order chi connectivity index (χ0) is 14.2. The van der Waals surface area contributed by atoms with Gasteiger partial charge in [0.2, 0.25) is 5.82 Å². The third kappa shape index (κ3) is 2.11. The Hall–Kier alpha value is -2.18. The number of benzene rings is 1. The van der Waals surface area contributed by atoms with Gasteiger partial charge >= 0.3 is 11.8 Å². The van der Waals surface area contributed by atoms with Crippen molar-refractivity contribution in [3.8, 4) is 0 Å². The maximum atomic E-state index is 13.6. The summed E-state index contributed by atoms with van der Waals surface area (Å²) in [6.45, 7) is 1.81. The van der Waals surface area contributed by atoms with Crippen molar-refractivity contribution in [2.75, 3.05) is 12.0 Å². The van der Waals surface area contributed by atoms with E-state index in [4.69, 9.17) is 0 Å². The summed E-state index contributed by atoms with van der Waals surface area (Å²) in [6.07, 6.45) is 0.277. The van der Waals surface area contributed by atoms with Gasteiger partial charge in [-0.15, -0.1) is 0 Å². The summed E-state index contributed by atoms with van der Waals surface area (Å²) in [5.41, 5.74) is 0.0329. The van der Waals surface area contributed by atoms with Gasteiger partial charge in [-0.25, -0.2) is 4.79 Å². The summed E-state index contributed by atoms with van der Waals surface area (Å²) in [5, 5.41) is 11.0. The number of nitrogens with zero attached hydrogens (tertiary/aromatic N) is 2. The van der Waals surface area contributed by atoms with Crippen LogP contribution >= 0.6 is 0 Å². The number of nitro groups is 1. The minimum atomic E-state index is -0.886. The molecule has 0 fully saturated rings. The van der Waals surface area contributed by atoms with Crippen LogP contribution in [0, 0.1) is 15.9 Å². The maximum absolute atomic E-state index is 13.6.